The first-order chi connectivity index (χ1) is 11.6. The van der Waals surface area contributed by atoms with Crippen LogP contribution in [0.1, 0.15) is 19.4 Å². The van der Waals surface area contributed by atoms with Gasteiger partial charge in [0.2, 0.25) is 9.84 Å². The second-order valence-electron chi connectivity index (χ2n) is 4.92. The second kappa shape index (κ2) is 7.84. The van der Waals surface area contributed by atoms with Crippen molar-refractivity contribution in [3.05, 3.63) is 72.6 Å². The van der Waals surface area contributed by atoms with Gasteiger partial charge in [-0.1, -0.05) is 32.0 Å². The Balaban J connectivity index is 0.00000100. The molecule has 1 aromatic carbocycles. The number of aryl methyl sites for hydroxylation is 1. The molecule has 3 aromatic rings. The Kier molecular flexibility index (Phi) is 5.82. The Bertz CT molecular complexity index is 890. The van der Waals surface area contributed by atoms with E-state index in [0.717, 1.165) is 16.8 Å². The molecule has 0 unspecified atom stereocenters. The van der Waals surface area contributed by atoms with E-state index < -0.39 is 9.84 Å². The molecule has 0 amide bonds. The average Bonchev–Trinajstić information content (AvgIpc) is 2.64. The lowest BCUT2D eigenvalue weighted by atomic mass is 10.2. The molecular formula is C19H20N2O2S. The molecule has 0 N–H and O–H groups in total. The van der Waals surface area contributed by atoms with Gasteiger partial charge < -0.3 is 0 Å². The third kappa shape index (κ3) is 3.86. The minimum Gasteiger partial charge on any atom is -0.256 e. The van der Waals surface area contributed by atoms with Crippen molar-refractivity contribution in [2.75, 3.05) is 0 Å². The summed E-state index contributed by atoms with van der Waals surface area (Å²) in [6.45, 7) is 5.86. The third-order valence-electron chi connectivity index (χ3n) is 3.27. The molecular weight excluding hydrogens is 320 g/mol. The van der Waals surface area contributed by atoms with E-state index in [0.29, 0.717) is 0 Å². The zero-order valence-corrected chi connectivity index (χ0v) is 14.8. The Morgan fingerprint density at radius 2 is 1.67 bits per heavy atom. The van der Waals surface area contributed by atoms with Gasteiger partial charge >= 0.3 is 0 Å². The van der Waals surface area contributed by atoms with Crippen LogP contribution in [0.25, 0.3) is 11.3 Å². The highest BCUT2D eigenvalue weighted by Gasteiger charge is 2.19. The van der Waals surface area contributed by atoms with Crippen molar-refractivity contribution >= 4 is 9.84 Å². The maximum Gasteiger partial charge on any atom is 0.223 e. The fourth-order valence-corrected chi connectivity index (χ4v) is 3.41. The van der Waals surface area contributed by atoms with Gasteiger partial charge in [0.1, 0.15) is 0 Å². The predicted octanol–water partition coefficient (Wildman–Crippen LogP) is 4.31. The van der Waals surface area contributed by atoms with E-state index in [1.54, 1.807) is 30.5 Å². The molecule has 4 nitrogen and oxygen atoms in total. The number of hydrogen-bond donors (Lipinski definition) is 0. The van der Waals surface area contributed by atoms with Crippen LogP contribution in [0.4, 0.5) is 0 Å². The fourth-order valence-electron chi connectivity index (χ4n) is 2.13. The topological polar surface area (TPSA) is 59.9 Å². The zero-order chi connectivity index (χ0) is 17.6. The van der Waals surface area contributed by atoms with Gasteiger partial charge in [0, 0.05) is 18.0 Å². The van der Waals surface area contributed by atoms with Crippen LogP contribution in [-0.4, -0.2) is 18.4 Å². The van der Waals surface area contributed by atoms with Gasteiger partial charge in [0.25, 0.3) is 0 Å². The van der Waals surface area contributed by atoms with Crippen LogP contribution in [0.2, 0.25) is 0 Å². The van der Waals surface area contributed by atoms with Gasteiger partial charge in [0.05, 0.1) is 10.6 Å². The molecule has 0 spiro atoms. The van der Waals surface area contributed by atoms with Crippen molar-refractivity contribution in [1.82, 2.24) is 9.97 Å². The highest BCUT2D eigenvalue weighted by molar-refractivity contribution is 7.91. The molecule has 0 aliphatic rings. The molecule has 0 saturated heterocycles. The molecule has 3 rings (SSSR count). The molecule has 0 bridgehead atoms. The number of rotatable bonds is 3. The smallest absolute Gasteiger partial charge is 0.223 e. The first-order valence-corrected chi connectivity index (χ1v) is 9.25. The van der Waals surface area contributed by atoms with Crippen molar-refractivity contribution in [3.63, 3.8) is 0 Å². The van der Waals surface area contributed by atoms with Crippen LogP contribution in [-0.2, 0) is 9.84 Å². The van der Waals surface area contributed by atoms with Crippen LogP contribution in [0, 0.1) is 6.92 Å². The standard InChI is InChI=1S/C17H14N2O2S.C2H6/c1-13-5-4-6-15(11-13)22(20,21)17-9-8-14(12-19-17)16-7-2-3-10-18-16;1-2/h2-12H,1H3;1-2H3. The largest absolute Gasteiger partial charge is 0.256 e. The summed E-state index contributed by atoms with van der Waals surface area (Å²) in [5.74, 6) is 0. The number of aromatic nitrogens is 2. The van der Waals surface area contributed by atoms with Crippen molar-refractivity contribution in [1.29, 1.82) is 0 Å². The lowest BCUT2D eigenvalue weighted by molar-refractivity contribution is 0.592. The van der Waals surface area contributed by atoms with Crippen molar-refractivity contribution in [3.8, 4) is 11.3 Å². The monoisotopic (exact) mass is 340 g/mol. The van der Waals surface area contributed by atoms with Crippen molar-refractivity contribution < 1.29 is 8.42 Å². The van der Waals surface area contributed by atoms with Gasteiger partial charge in [0.15, 0.2) is 5.03 Å². The van der Waals surface area contributed by atoms with Gasteiger partial charge in [-0.05, 0) is 48.9 Å². The number of hydrogen-bond acceptors (Lipinski definition) is 4. The summed E-state index contributed by atoms with van der Waals surface area (Å²) in [4.78, 5) is 8.58. The first kappa shape index (κ1) is 17.8. The summed E-state index contributed by atoms with van der Waals surface area (Å²) < 4.78 is 25.1. The van der Waals surface area contributed by atoms with E-state index in [1.807, 2.05) is 45.0 Å². The summed E-state index contributed by atoms with van der Waals surface area (Å²) in [6.07, 6.45) is 3.22. The molecule has 0 aliphatic carbocycles. The van der Waals surface area contributed by atoms with E-state index in [9.17, 15) is 8.42 Å². The SMILES string of the molecule is CC.Cc1cccc(S(=O)(=O)c2ccc(-c3ccccn3)cn2)c1. The zero-order valence-electron chi connectivity index (χ0n) is 14.0. The molecule has 2 heterocycles. The number of benzene rings is 1. The summed E-state index contributed by atoms with van der Waals surface area (Å²) in [5, 5.41) is 0.0396. The predicted molar refractivity (Wildman–Crippen MR) is 95.4 cm³/mol. The maximum atomic E-state index is 12.6. The lowest BCUT2D eigenvalue weighted by Gasteiger charge is -2.06. The lowest BCUT2D eigenvalue weighted by Crippen LogP contribution is -2.04. The quantitative estimate of drug-likeness (QED) is 0.713. The molecule has 24 heavy (non-hydrogen) atoms. The minimum absolute atomic E-state index is 0.0396. The van der Waals surface area contributed by atoms with Crippen LogP contribution in [0.3, 0.4) is 0 Å². The summed E-state index contributed by atoms with van der Waals surface area (Å²) in [6, 6.07) is 15.6. The van der Waals surface area contributed by atoms with Crippen LogP contribution >= 0.6 is 0 Å². The maximum absolute atomic E-state index is 12.6. The van der Waals surface area contributed by atoms with E-state index in [-0.39, 0.29) is 9.92 Å². The van der Waals surface area contributed by atoms with E-state index in [2.05, 4.69) is 9.97 Å². The Morgan fingerprint density at radius 3 is 2.25 bits per heavy atom. The fraction of sp³-hybridized carbons (Fsp3) is 0.158. The third-order valence-corrected chi connectivity index (χ3v) is 4.94. The van der Waals surface area contributed by atoms with Gasteiger partial charge in [-0.15, -0.1) is 0 Å². The first-order valence-electron chi connectivity index (χ1n) is 7.76. The van der Waals surface area contributed by atoms with Gasteiger partial charge in [-0.25, -0.2) is 13.4 Å². The van der Waals surface area contributed by atoms with Crippen LogP contribution in [0.5, 0.6) is 0 Å². The molecule has 2 aromatic heterocycles. The van der Waals surface area contributed by atoms with Gasteiger partial charge in [-0.3, -0.25) is 4.98 Å². The van der Waals surface area contributed by atoms with Gasteiger partial charge in [-0.2, -0.15) is 0 Å². The van der Waals surface area contributed by atoms with Crippen molar-refractivity contribution in [2.24, 2.45) is 0 Å². The highest BCUT2D eigenvalue weighted by atomic mass is 32.2. The molecule has 5 heteroatoms. The minimum atomic E-state index is -3.59. The number of sulfone groups is 1. The Labute approximate surface area is 143 Å². The summed E-state index contributed by atoms with van der Waals surface area (Å²) in [5.41, 5.74) is 2.43. The van der Waals surface area contributed by atoms with E-state index in [4.69, 9.17) is 0 Å². The molecule has 124 valence electrons. The normalized spacial score (nSPS) is 10.6. The summed E-state index contributed by atoms with van der Waals surface area (Å²) >= 11 is 0. The highest BCUT2D eigenvalue weighted by Crippen LogP contribution is 2.22. The van der Waals surface area contributed by atoms with E-state index >= 15 is 0 Å². The molecule has 0 atom stereocenters. The van der Waals surface area contributed by atoms with E-state index in [1.165, 1.54) is 12.3 Å². The van der Waals surface area contributed by atoms with Crippen LogP contribution < -0.4 is 0 Å². The Hall–Kier alpha value is -2.53. The number of pyridine rings is 2. The molecule has 0 radical (unpaired) electrons. The number of nitrogens with zero attached hydrogens (tertiary/aromatic N) is 2. The molecule has 0 aliphatic heterocycles. The second-order valence-corrected chi connectivity index (χ2v) is 6.82. The average molecular weight is 340 g/mol. The molecule has 0 fully saturated rings. The van der Waals surface area contributed by atoms with Crippen molar-refractivity contribution in [2.45, 2.75) is 30.7 Å². The summed E-state index contributed by atoms with van der Waals surface area (Å²) in [7, 11) is -3.59. The molecule has 0 saturated carbocycles. The van der Waals surface area contributed by atoms with Crippen LogP contribution in [0.15, 0.2) is 76.9 Å². The Morgan fingerprint density at radius 1 is 0.875 bits per heavy atom.